The molecule has 0 aliphatic heterocycles. The average Bonchev–Trinajstić information content (AvgIpc) is 3.10. The molecular weight excluding hydrogens is 663 g/mol. The molecule has 1 atom stereocenters. The first-order chi connectivity index (χ1) is 24.8. The minimum absolute atomic E-state index is 0.205. The fourth-order valence-corrected chi connectivity index (χ4v) is 6.66. The molecule has 302 valence electrons. The second-order valence-electron chi connectivity index (χ2n) is 14.7. The topological polar surface area (TPSA) is 119 Å². The highest BCUT2D eigenvalue weighted by Gasteiger charge is 2.22. The molecule has 0 unspecified atom stereocenters. The van der Waals surface area contributed by atoms with Crippen molar-refractivity contribution >= 4 is 19.8 Å². The molecule has 0 aromatic heterocycles. The highest BCUT2D eigenvalue weighted by Crippen LogP contribution is 2.36. The highest BCUT2D eigenvalue weighted by atomic mass is 31.2. The molecule has 0 rings (SSSR count). The number of hydrogen-bond acceptors (Lipinski definition) is 6. The summed E-state index contributed by atoms with van der Waals surface area (Å²) in [6, 6.07) is 0. The van der Waals surface area contributed by atoms with E-state index in [0.29, 0.717) is 6.42 Å². The van der Waals surface area contributed by atoms with Crippen LogP contribution in [-0.4, -0.2) is 41.0 Å². The Labute approximate surface area is 314 Å². The lowest BCUT2D eigenvalue weighted by atomic mass is 10.0. The van der Waals surface area contributed by atoms with Gasteiger partial charge in [-0.15, -0.1) is 0 Å². The van der Waals surface area contributed by atoms with E-state index < -0.39 is 32.5 Å². The molecule has 0 saturated carbocycles. The first-order valence-corrected chi connectivity index (χ1v) is 23.0. The molecular formula is C42H81O8P. The molecule has 0 aromatic carbocycles. The maximum absolute atomic E-state index is 12.3. The highest BCUT2D eigenvalue weighted by molar-refractivity contribution is 7.46. The third-order valence-corrected chi connectivity index (χ3v) is 10.0. The summed E-state index contributed by atoms with van der Waals surface area (Å²) in [5.41, 5.74) is 0. The van der Waals surface area contributed by atoms with Gasteiger partial charge in [0.2, 0.25) is 0 Å². The van der Waals surface area contributed by atoms with Gasteiger partial charge < -0.3 is 19.3 Å². The molecule has 0 aliphatic rings. The molecule has 0 heterocycles. The van der Waals surface area contributed by atoms with Crippen LogP contribution in [0.2, 0.25) is 0 Å². The number of phosphoric acid groups is 1. The van der Waals surface area contributed by atoms with Crippen molar-refractivity contribution in [2.75, 3.05) is 13.2 Å². The summed E-state index contributed by atoms with van der Waals surface area (Å²) in [7, 11) is -4.75. The van der Waals surface area contributed by atoms with Crippen LogP contribution < -0.4 is 0 Å². The first kappa shape index (κ1) is 49.8. The number of allylic oxidation sites excluding steroid dienone is 2. The van der Waals surface area contributed by atoms with Gasteiger partial charge in [-0.05, 0) is 32.1 Å². The number of ether oxygens (including phenoxy) is 2. The summed E-state index contributed by atoms with van der Waals surface area (Å²) >= 11 is 0. The van der Waals surface area contributed by atoms with Crippen LogP contribution in [0.3, 0.4) is 0 Å². The van der Waals surface area contributed by atoms with E-state index in [-0.39, 0.29) is 19.4 Å². The molecule has 8 nitrogen and oxygen atoms in total. The van der Waals surface area contributed by atoms with E-state index in [9.17, 15) is 14.2 Å². The smallest absolute Gasteiger partial charge is 0.462 e. The van der Waals surface area contributed by atoms with Gasteiger partial charge in [0, 0.05) is 12.8 Å². The van der Waals surface area contributed by atoms with Crippen LogP contribution in [0.5, 0.6) is 0 Å². The van der Waals surface area contributed by atoms with Gasteiger partial charge in [0.25, 0.3) is 0 Å². The van der Waals surface area contributed by atoms with Gasteiger partial charge in [0.1, 0.15) is 6.61 Å². The molecule has 9 heteroatoms. The Bertz CT molecular complexity index is 843. The van der Waals surface area contributed by atoms with Crippen molar-refractivity contribution in [1.82, 2.24) is 0 Å². The Balaban J connectivity index is 3.78. The number of hydrogen-bond donors (Lipinski definition) is 2. The van der Waals surface area contributed by atoms with E-state index in [1.165, 1.54) is 135 Å². The number of rotatable bonds is 40. The molecule has 0 saturated heterocycles. The Morgan fingerprint density at radius 1 is 0.490 bits per heavy atom. The number of carbonyl (C=O) groups excluding carboxylic acids is 2. The quantitative estimate of drug-likeness (QED) is 0.0275. The van der Waals surface area contributed by atoms with Crippen molar-refractivity contribution in [1.29, 1.82) is 0 Å². The van der Waals surface area contributed by atoms with Gasteiger partial charge >= 0.3 is 19.8 Å². The van der Waals surface area contributed by atoms with Crippen LogP contribution in [-0.2, 0) is 28.2 Å². The lowest BCUT2D eigenvalue weighted by Gasteiger charge is -2.18. The van der Waals surface area contributed by atoms with Crippen molar-refractivity contribution in [3.63, 3.8) is 0 Å². The predicted molar refractivity (Wildman–Crippen MR) is 212 cm³/mol. The zero-order chi connectivity index (χ0) is 37.5. The second kappa shape index (κ2) is 38.5. The normalized spacial score (nSPS) is 12.5. The summed E-state index contributed by atoms with van der Waals surface area (Å²) in [4.78, 5) is 42.7. The van der Waals surface area contributed by atoms with Crippen LogP contribution >= 0.6 is 7.82 Å². The molecule has 0 bridgehead atoms. The van der Waals surface area contributed by atoms with Gasteiger partial charge in [-0.25, -0.2) is 4.57 Å². The summed E-state index contributed by atoms with van der Waals surface area (Å²) in [5.74, 6) is -0.885. The largest absolute Gasteiger partial charge is 0.469 e. The van der Waals surface area contributed by atoms with Crippen LogP contribution in [0.25, 0.3) is 0 Å². The van der Waals surface area contributed by atoms with Gasteiger partial charge in [-0.1, -0.05) is 193 Å². The van der Waals surface area contributed by atoms with E-state index >= 15 is 0 Å². The van der Waals surface area contributed by atoms with E-state index in [1.54, 1.807) is 0 Å². The minimum Gasteiger partial charge on any atom is -0.462 e. The maximum Gasteiger partial charge on any atom is 0.469 e. The van der Waals surface area contributed by atoms with Crippen LogP contribution in [0.1, 0.15) is 226 Å². The fourth-order valence-electron chi connectivity index (χ4n) is 6.30. The van der Waals surface area contributed by atoms with E-state index in [1.807, 2.05) is 0 Å². The summed E-state index contributed by atoms with van der Waals surface area (Å²) in [6.07, 6.45) is 42.4. The number of phosphoric ester groups is 1. The molecule has 0 aliphatic carbocycles. The van der Waals surface area contributed by atoms with E-state index in [2.05, 4.69) is 30.5 Å². The average molecular weight is 745 g/mol. The third-order valence-electron chi connectivity index (χ3n) is 9.53. The van der Waals surface area contributed by atoms with Crippen molar-refractivity contribution in [3.8, 4) is 0 Å². The molecule has 0 radical (unpaired) electrons. The summed E-state index contributed by atoms with van der Waals surface area (Å²) in [6.45, 7) is 3.66. The summed E-state index contributed by atoms with van der Waals surface area (Å²) in [5, 5.41) is 0. The first-order valence-electron chi connectivity index (χ1n) is 21.5. The van der Waals surface area contributed by atoms with Gasteiger partial charge in [0.15, 0.2) is 6.10 Å². The van der Waals surface area contributed by atoms with Crippen LogP contribution in [0.15, 0.2) is 12.2 Å². The number of esters is 2. The monoisotopic (exact) mass is 745 g/mol. The van der Waals surface area contributed by atoms with Crippen molar-refractivity contribution in [3.05, 3.63) is 12.2 Å². The van der Waals surface area contributed by atoms with Crippen molar-refractivity contribution in [2.45, 2.75) is 232 Å². The maximum atomic E-state index is 12.3. The SMILES string of the molecule is CCCC/C=C/CCCCCCCC(=O)O[C@H](COC(=O)CCCCCCCCCCCCCCCCCCCCCCCC)COP(=O)(O)O. The molecule has 2 N–H and O–H groups in total. The van der Waals surface area contributed by atoms with Crippen LogP contribution in [0.4, 0.5) is 0 Å². The zero-order valence-electron chi connectivity index (χ0n) is 33.3. The predicted octanol–water partition coefficient (Wildman–Crippen LogP) is 13.0. The second-order valence-corrected chi connectivity index (χ2v) is 15.9. The molecule has 51 heavy (non-hydrogen) atoms. The van der Waals surface area contributed by atoms with Crippen molar-refractivity contribution < 1.29 is 37.9 Å². The molecule has 0 fully saturated rings. The number of unbranched alkanes of at least 4 members (excludes halogenated alkanes) is 28. The van der Waals surface area contributed by atoms with E-state index in [0.717, 1.165) is 57.8 Å². The Hall–Kier alpha value is -1.21. The Kier molecular flexibility index (Phi) is 37.6. The molecule has 0 aromatic rings. The van der Waals surface area contributed by atoms with Gasteiger partial charge in [-0.2, -0.15) is 0 Å². The molecule has 0 spiro atoms. The third kappa shape index (κ3) is 41.4. The van der Waals surface area contributed by atoms with Crippen LogP contribution in [0, 0.1) is 0 Å². The van der Waals surface area contributed by atoms with Crippen molar-refractivity contribution in [2.24, 2.45) is 0 Å². The molecule has 0 amide bonds. The van der Waals surface area contributed by atoms with E-state index in [4.69, 9.17) is 19.3 Å². The standard InChI is InChI=1S/C42H81O8P/c1-3-5-7-9-11-13-15-16-17-18-19-20-21-22-23-24-25-27-28-30-32-34-36-41(43)48-38-40(39-49-51(45,46)47)50-42(44)37-35-33-31-29-26-14-12-10-8-6-4-2/h10,12,40H,3-9,11,13-39H2,1-2H3,(H2,45,46,47)/b12-10+/t40-/m1/s1. The minimum atomic E-state index is -4.75. The zero-order valence-corrected chi connectivity index (χ0v) is 34.2. The summed E-state index contributed by atoms with van der Waals surface area (Å²) < 4.78 is 26.3. The lowest BCUT2D eigenvalue weighted by Crippen LogP contribution is -2.29. The Morgan fingerprint density at radius 2 is 0.843 bits per heavy atom. The van der Waals surface area contributed by atoms with Gasteiger partial charge in [0.05, 0.1) is 6.61 Å². The van der Waals surface area contributed by atoms with Gasteiger partial charge in [-0.3, -0.25) is 14.1 Å². The number of carbonyl (C=O) groups is 2. The fraction of sp³-hybridized carbons (Fsp3) is 0.905. The Morgan fingerprint density at radius 3 is 1.25 bits per heavy atom. The lowest BCUT2D eigenvalue weighted by molar-refractivity contribution is -0.161.